The molecule has 0 fully saturated rings. The van der Waals surface area contributed by atoms with Crippen LogP contribution < -0.4 is 14.4 Å². The Balaban J connectivity index is 1.13. The molecular formula is C45H34N4O2+2. The molecular weight excluding hydrogens is 629 g/mol. The summed E-state index contributed by atoms with van der Waals surface area (Å²) in [5.74, 6) is 2.97. The minimum absolute atomic E-state index is 0.693. The summed E-state index contributed by atoms with van der Waals surface area (Å²) in [4.78, 5) is 6.96. The number of aromatic nitrogens is 1. The van der Waals surface area contributed by atoms with Gasteiger partial charge in [0.2, 0.25) is 11.9 Å². The third kappa shape index (κ3) is 7.22. The Bertz CT molecular complexity index is 2380. The highest BCUT2D eigenvalue weighted by molar-refractivity contribution is 5.79. The van der Waals surface area contributed by atoms with Gasteiger partial charge in [0.05, 0.1) is 17.4 Å². The van der Waals surface area contributed by atoms with Crippen molar-refractivity contribution in [3.05, 3.63) is 188 Å². The normalized spacial score (nSPS) is 11.9. The van der Waals surface area contributed by atoms with Crippen molar-refractivity contribution >= 4 is 28.8 Å². The molecule has 0 saturated heterocycles. The molecule has 0 saturated carbocycles. The Morgan fingerprint density at radius 3 is 1.75 bits per heavy atom. The summed E-state index contributed by atoms with van der Waals surface area (Å²) >= 11 is 0. The van der Waals surface area contributed by atoms with E-state index >= 15 is 0 Å². The molecule has 6 aromatic carbocycles. The van der Waals surface area contributed by atoms with Crippen LogP contribution in [0.5, 0.6) is 23.0 Å². The third-order valence-electron chi connectivity index (χ3n) is 8.42. The highest BCUT2D eigenvalue weighted by atomic mass is 16.5. The maximum atomic E-state index is 6.65. The fourth-order valence-electron chi connectivity index (χ4n) is 6.03. The molecule has 0 unspecified atom stereocenters. The number of hydrogen-bond donors (Lipinski definition) is 0. The van der Waals surface area contributed by atoms with Crippen molar-refractivity contribution in [1.82, 2.24) is 4.98 Å². The summed E-state index contributed by atoms with van der Waals surface area (Å²) in [7, 11) is 1.96. The summed E-state index contributed by atoms with van der Waals surface area (Å²) in [5, 5.41) is 0. The van der Waals surface area contributed by atoms with Crippen molar-refractivity contribution in [1.29, 1.82) is 0 Å². The molecule has 8 rings (SSSR count). The van der Waals surface area contributed by atoms with E-state index in [1.54, 1.807) is 0 Å². The van der Waals surface area contributed by atoms with Crippen molar-refractivity contribution in [2.75, 3.05) is 11.9 Å². The van der Waals surface area contributed by atoms with Crippen molar-refractivity contribution in [3.8, 4) is 45.4 Å². The van der Waals surface area contributed by atoms with Crippen molar-refractivity contribution < 1.29 is 18.6 Å². The molecule has 0 N–H and O–H groups in total. The second kappa shape index (κ2) is 14.2. The summed E-state index contributed by atoms with van der Waals surface area (Å²) in [6.45, 7) is 0. The van der Waals surface area contributed by atoms with E-state index in [9.17, 15) is 0 Å². The Labute approximate surface area is 297 Å². The lowest BCUT2D eigenvalue weighted by molar-refractivity contribution is -0.429. The van der Waals surface area contributed by atoms with Crippen LogP contribution in [0.25, 0.3) is 22.4 Å². The average molecular weight is 663 g/mol. The van der Waals surface area contributed by atoms with Crippen LogP contribution in [-0.2, 0) is 0 Å². The Kier molecular flexibility index (Phi) is 8.72. The minimum Gasteiger partial charge on any atom is -0.457 e. The molecule has 6 nitrogen and oxygen atoms in total. The highest BCUT2D eigenvalue weighted by Gasteiger charge is 2.22. The maximum Gasteiger partial charge on any atom is 0.495 e. The van der Waals surface area contributed by atoms with Crippen LogP contribution in [0.2, 0.25) is 0 Å². The van der Waals surface area contributed by atoms with Crippen LogP contribution in [0.3, 0.4) is 0 Å². The molecule has 51 heavy (non-hydrogen) atoms. The number of hydrogen-bond acceptors (Lipinski definition) is 4. The molecule has 0 radical (unpaired) electrons. The van der Waals surface area contributed by atoms with Crippen molar-refractivity contribution in [3.63, 3.8) is 0 Å². The Morgan fingerprint density at radius 1 is 0.490 bits per heavy atom. The van der Waals surface area contributed by atoms with E-state index in [0.717, 1.165) is 56.6 Å². The van der Waals surface area contributed by atoms with Gasteiger partial charge in [-0.25, -0.2) is 0 Å². The predicted molar refractivity (Wildman–Crippen MR) is 203 cm³/mol. The van der Waals surface area contributed by atoms with Crippen LogP contribution in [0.1, 0.15) is 0 Å². The summed E-state index contributed by atoms with van der Waals surface area (Å²) in [6, 6.07) is 60.4. The summed E-state index contributed by atoms with van der Waals surface area (Å²) in [5.41, 5.74) is 7.83. The largest absolute Gasteiger partial charge is 0.495 e. The first-order valence-corrected chi connectivity index (χ1v) is 16.7. The van der Waals surface area contributed by atoms with E-state index in [0.29, 0.717) is 11.5 Å². The van der Waals surface area contributed by atoms with Gasteiger partial charge in [-0.1, -0.05) is 88.0 Å². The van der Waals surface area contributed by atoms with Gasteiger partial charge in [-0.2, -0.15) is 0 Å². The maximum absolute atomic E-state index is 6.65. The minimum atomic E-state index is 0.693. The number of para-hydroxylation sites is 3. The van der Waals surface area contributed by atoms with Crippen LogP contribution in [0, 0.1) is 0 Å². The summed E-state index contributed by atoms with van der Waals surface area (Å²) < 4.78 is 16.6. The van der Waals surface area contributed by atoms with Gasteiger partial charge in [0.15, 0.2) is 7.05 Å². The summed E-state index contributed by atoms with van der Waals surface area (Å²) in [6.07, 6.45) is 5.80. The first kappa shape index (κ1) is 31.3. The molecule has 0 spiro atoms. The Morgan fingerprint density at radius 2 is 1.08 bits per heavy atom. The third-order valence-corrected chi connectivity index (χ3v) is 8.42. The van der Waals surface area contributed by atoms with E-state index in [4.69, 9.17) is 14.5 Å². The molecule has 1 aliphatic heterocycles. The smallest absolute Gasteiger partial charge is 0.457 e. The zero-order chi connectivity index (χ0) is 34.4. The quantitative estimate of drug-likeness (QED) is 0.137. The number of benzene rings is 6. The van der Waals surface area contributed by atoms with Gasteiger partial charge in [-0.3, -0.25) is 4.98 Å². The zero-order valence-electron chi connectivity index (χ0n) is 28.0. The lowest BCUT2D eigenvalue weighted by Crippen LogP contribution is -2.10. The second-order valence-corrected chi connectivity index (χ2v) is 12.1. The van der Waals surface area contributed by atoms with Crippen LogP contribution >= 0.6 is 0 Å². The topological polar surface area (TPSA) is 40.6 Å². The van der Waals surface area contributed by atoms with E-state index in [2.05, 4.69) is 89.8 Å². The standard InChI is InChI=1S/C45H34N4O2/c1-47-25-26-48(33-47)39-30-40(49(37-15-5-2-6-16-37)38-17-7-3-8-18-38)32-44(31-39)51-43-22-12-14-36(28-43)45-29-35(23-24-46-45)34-13-11-21-42(27-34)50-41-19-9-4-10-20-41/h2-32H,1H3/q+2. The number of pyridine rings is 1. The van der Waals surface area contributed by atoms with Gasteiger partial charge >= 0.3 is 6.01 Å². The first-order valence-electron chi connectivity index (χ1n) is 16.7. The molecule has 6 heteroatoms. The van der Waals surface area contributed by atoms with E-state index < -0.39 is 0 Å². The van der Waals surface area contributed by atoms with Gasteiger partial charge in [0, 0.05) is 35.3 Å². The molecule has 1 aromatic heterocycles. The number of anilines is 3. The molecule has 1 aliphatic rings. The van der Waals surface area contributed by atoms with Crippen LogP contribution in [0.15, 0.2) is 188 Å². The fraction of sp³-hybridized carbons (Fsp3) is 0.0222. The number of rotatable bonds is 10. The lowest BCUT2D eigenvalue weighted by atomic mass is 10.0. The van der Waals surface area contributed by atoms with E-state index in [1.807, 2.05) is 126 Å². The van der Waals surface area contributed by atoms with Gasteiger partial charge in [0.1, 0.15) is 23.0 Å². The van der Waals surface area contributed by atoms with Gasteiger partial charge < -0.3 is 14.4 Å². The van der Waals surface area contributed by atoms with Gasteiger partial charge in [-0.05, 0) is 83.9 Å². The highest BCUT2D eigenvalue weighted by Crippen LogP contribution is 2.40. The van der Waals surface area contributed by atoms with E-state index in [-0.39, 0.29) is 0 Å². The molecule has 0 bridgehead atoms. The zero-order valence-corrected chi connectivity index (χ0v) is 28.0. The van der Waals surface area contributed by atoms with E-state index in [1.165, 1.54) is 0 Å². The average Bonchev–Trinajstić information content (AvgIpc) is 3.63. The van der Waals surface area contributed by atoms with Crippen LogP contribution in [0.4, 0.5) is 22.7 Å². The predicted octanol–water partition coefficient (Wildman–Crippen LogP) is 11.4. The van der Waals surface area contributed by atoms with Crippen LogP contribution in [-0.4, -0.2) is 27.2 Å². The SMILES string of the molecule is C[N+]1=C=[N+](c2cc(Oc3cccc(-c4cc(-c5cccc(Oc6ccccc6)c5)ccn4)c3)cc(N(c3ccccc3)c3ccccc3)c2)C=C1. The lowest BCUT2D eigenvalue weighted by Gasteiger charge is -2.25. The Hall–Kier alpha value is -7.01. The monoisotopic (exact) mass is 662 g/mol. The molecule has 7 aromatic rings. The van der Waals surface area contributed by atoms with Gasteiger partial charge in [-0.15, -0.1) is 0 Å². The molecule has 0 aliphatic carbocycles. The van der Waals surface area contributed by atoms with Gasteiger partial charge in [0.25, 0.3) is 6.20 Å². The molecule has 0 amide bonds. The van der Waals surface area contributed by atoms with Crippen molar-refractivity contribution in [2.24, 2.45) is 0 Å². The molecule has 244 valence electrons. The first-order chi connectivity index (χ1) is 25.1. The molecule has 0 atom stereocenters. The number of ether oxygens (including phenoxy) is 2. The second-order valence-electron chi connectivity index (χ2n) is 12.1. The molecule has 2 heterocycles. The number of nitrogens with zero attached hydrogens (tertiary/aromatic N) is 4. The van der Waals surface area contributed by atoms with Crippen molar-refractivity contribution in [2.45, 2.75) is 0 Å². The fourth-order valence-corrected chi connectivity index (χ4v) is 6.03.